The first-order chi connectivity index (χ1) is 9.70. The van der Waals surface area contributed by atoms with Gasteiger partial charge in [0.05, 0.1) is 11.5 Å². The number of nitrogens with one attached hydrogen (secondary N) is 1. The number of aromatic nitrogens is 2. The van der Waals surface area contributed by atoms with E-state index < -0.39 is 4.92 Å². The van der Waals surface area contributed by atoms with E-state index in [4.69, 9.17) is 4.74 Å². The zero-order valence-corrected chi connectivity index (χ0v) is 10.9. The number of hydrogen-bond acceptors (Lipinski definition) is 6. The van der Waals surface area contributed by atoms with Gasteiger partial charge in [-0.15, -0.1) is 0 Å². The summed E-state index contributed by atoms with van der Waals surface area (Å²) in [5, 5.41) is 13.7. The lowest BCUT2D eigenvalue weighted by Gasteiger charge is -2.07. The van der Waals surface area contributed by atoms with Gasteiger partial charge in [0.2, 0.25) is 0 Å². The molecule has 0 saturated heterocycles. The van der Waals surface area contributed by atoms with Crippen molar-refractivity contribution < 1.29 is 9.66 Å². The number of pyridine rings is 2. The van der Waals surface area contributed by atoms with E-state index in [-0.39, 0.29) is 18.2 Å². The normalized spacial score (nSPS) is 10.1. The number of rotatable bonds is 6. The summed E-state index contributed by atoms with van der Waals surface area (Å²) in [5.74, 6) is 0.529. The topological polar surface area (TPSA) is 90.2 Å². The van der Waals surface area contributed by atoms with Crippen LogP contribution in [0, 0.1) is 10.1 Å². The van der Waals surface area contributed by atoms with Gasteiger partial charge in [-0.25, -0.2) is 0 Å². The molecule has 0 aliphatic carbocycles. The fourth-order valence-corrected chi connectivity index (χ4v) is 1.62. The van der Waals surface area contributed by atoms with Gasteiger partial charge in [-0.2, -0.15) is 4.98 Å². The number of nitro groups is 1. The Labute approximate surface area is 115 Å². The first kappa shape index (κ1) is 13.7. The van der Waals surface area contributed by atoms with Gasteiger partial charge < -0.3 is 10.1 Å². The minimum atomic E-state index is -0.511. The molecule has 104 valence electrons. The standard InChI is InChI=1S/C13H14N4O3/c1-14-12-6-5-11(17(18)19)13(16-12)20-9-7-10-4-2-3-8-15-10/h2-6,8H,7,9H2,1H3,(H,14,16). The Kier molecular flexibility index (Phi) is 4.43. The van der Waals surface area contributed by atoms with E-state index in [1.807, 2.05) is 18.2 Å². The maximum atomic E-state index is 10.9. The van der Waals surface area contributed by atoms with Crippen LogP contribution in [0.1, 0.15) is 5.69 Å². The number of nitrogens with zero attached hydrogens (tertiary/aromatic N) is 3. The number of anilines is 1. The zero-order valence-electron chi connectivity index (χ0n) is 10.9. The molecule has 0 aliphatic heterocycles. The molecule has 0 spiro atoms. The third kappa shape index (κ3) is 3.41. The molecule has 0 amide bonds. The SMILES string of the molecule is CNc1ccc([N+](=O)[O-])c(OCCc2ccccn2)n1. The summed E-state index contributed by atoms with van der Waals surface area (Å²) in [6.07, 6.45) is 2.25. The molecule has 0 aromatic carbocycles. The average Bonchev–Trinajstić information content (AvgIpc) is 2.48. The van der Waals surface area contributed by atoms with Gasteiger partial charge in [-0.05, 0) is 18.2 Å². The van der Waals surface area contributed by atoms with Crippen LogP contribution in [-0.2, 0) is 6.42 Å². The van der Waals surface area contributed by atoms with Crippen LogP contribution in [-0.4, -0.2) is 28.5 Å². The van der Waals surface area contributed by atoms with Gasteiger partial charge in [0, 0.05) is 31.4 Å². The highest BCUT2D eigenvalue weighted by atomic mass is 16.6. The van der Waals surface area contributed by atoms with Crippen molar-refractivity contribution in [3.05, 3.63) is 52.3 Å². The van der Waals surface area contributed by atoms with Crippen LogP contribution in [0.15, 0.2) is 36.5 Å². The van der Waals surface area contributed by atoms with Crippen LogP contribution in [0.2, 0.25) is 0 Å². The molecule has 2 rings (SSSR count). The largest absolute Gasteiger partial charge is 0.472 e. The van der Waals surface area contributed by atoms with Gasteiger partial charge >= 0.3 is 5.69 Å². The summed E-state index contributed by atoms with van der Waals surface area (Å²) in [7, 11) is 1.69. The third-order valence-electron chi connectivity index (χ3n) is 2.62. The molecule has 0 aliphatic rings. The fraction of sp³-hybridized carbons (Fsp3) is 0.231. The number of hydrogen-bond donors (Lipinski definition) is 1. The second-order valence-corrected chi connectivity index (χ2v) is 3.95. The van der Waals surface area contributed by atoms with Crippen molar-refractivity contribution in [3.8, 4) is 5.88 Å². The van der Waals surface area contributed by atoms with E-state index in [1.54, 1.807) is 13.2 Å². The summed E-state index contributed by atoms with van der Waals surface area (Å²) in [6, 6.07) is 8.48. The van der Waals surface area contributed by atoms with Crippen LogP contribution in [0.25, 0.3) is 0 Å². The zero-order chi connectivity index (χ0) is 14.4. The smallest absolute Gasteiger partial charge is 0.331 e. The second kappa shape index (κ2) is 6.46. The lowest BCUT2D eigenvalue weighted by atomic mass is 10.3. The molecule has 7 heteroatoms. The Hall–Kier alpha value is -2.70. The Morgan fingerprint density at radius 1 is 1.35 bits per heavy atom. The highest BCUT2D eigenvalue weighted by molar-refractivity contribution is 5.48. The molecular formula is C13H14N4O3. The van der Waals surface area contributed by atoms with E-state index in [9.17, 15) is 10.1 Å². The molecule has 0 fully saturated rings. The van der Waals surface area contributed by atoms with Crippen LogP contribution in [0.4, 0.5) is 11.5 Å². The lowest BCUT2D eigenvalue weighted by molar-refractivity contribution is -0.386. The number of ether oxygens (including phenoxy) is 1. The van der Waals surface area contributed by atoms with Crippen molar-refractivity contribution in [2.75, 3.05) is 19.0 Å². The average molecular weight is 274 g/mol. The van der Waals surface area contributed by atoms with Crippen molar-refractivity contribution in [1.82, 2.24) is 9.97 Å². The molecule has 2 aromatic rings. The van der Waals surface area contributed by atoms with Crippen LogP contribution < -0.4 is 10.1 Å². The van der Waals surface area contributed by atoms with Gasteiger partial charge in [0.25, 0.3) is 5.88 Å². The second-order valence-electron chi connectivity index (χ2n) is 3.95. The van der Waals surface area contributed by atoms with Crippen LogP contribution in [0.3, 0.4) is 0 Å². The molecule has 0 atom stereocenters. The molecule has 1 N–H and O–H groups in total. The Morgan fingerprint density at radius 3 is 2.85 bits per heavy atom. The van der Waals surface area contributed by atoms with Crippen molar-refractivity contribution in [2.45, 2.75) is 6.42 Å². The van der Waals surface area contributed by atoms with Gasteiger partial charge in [0.15, 0.2) is 0 Å². The Bertz CT molecular complexity index is 589. The molecule has 2 aromatic heterocycles. The van der Waals surface area contributed by atoms with E-state index >= 15 is 0 Å². The quantitative estimate of drug-likeness (QED) is 0.640. The van der Waals surface area contributed by atoms with Crippen molar-refractivity contribution in [3.63, 3.8) is 0 Å². The van der Waals surface area contributed by atoms with Crippen molar-refractivity contribution in [1.29, 1.82) is 0 Å². The fourth-order valence-electron chi connectivity index (χ4n) is 1.62. The van der Waals surface area contributed by atoms with Crippen LogP contribution in [0.5, 0.6) is 5.88 Å². The summed E-state index contributed by atoms with van der Waals surface area (Å²) < 4.78 is 5.41. The van der Waals surface area contributed by atoms with E-state index in [1.165, 1.54) is 12.1 Å². The molecule has 0 bridgehead atoms. The van der Waals surface area contributed by atoms with Gasteiger partial charge in [0.1, 0.15) is 5.82 Å². The summed E-state index contributed by atoms with van der Waals surface area (Å²) >= 11 is 0. The highest BCUT2D eigenvalue weighted by Crippen LogP contribution is 2.26. The van der Waals surface area contributed by atoms with Crippen molar-refractivity contribution >= 4 is 11.5 Å². The van der Waals surface area contributed by atoms with Crippen LogP contribution >= 0.6 is 0 Å². The first-order valence-corrected chi connectivity index (χ1v) is 6.06. The van der Waals surface area contributed by atoms with Gasteiger partial charge in [-0.1, -0.05) is 6.07 Å². The highest BCUT2D eigenvalue weighted by Gasteiger charge is 2.17. The van der Waals surface area contributed by atoms with Gasteiger partial charge in [-0.3, -0.25) is 15.1 Å². The predicted molar refractivity (Wildman–Crippen MR) is 73.9 cm³/mol. The molecule has 20 heavy (non-hydrogen) atoms. The molecule has 0 unspecified atom stereocenters. The molecule has 7 nitrogen and oxygen atoms in total. The lowest BCUT2D eigenvalue weighted by Crippen LogP contribution is -2.07. The predicted octanol–water partition coefficient (Wildman–Crippen LogP) is 2.05. The summed E-state index contributed by atoms with van der Waals surface area (Å²) in [4.78, 5) is 18.6. The Morgan fingerprint density at radius 2 is 2.20 bits per heavy atom. The molecule has 0 saturated carbocycles. The minimum Gasteiger partial charge on any atom is -0.472 e. The molecule has 0 radical (unpaired) electrons. The van der Waals surface area contributed by atoms with E-state index in [0.717, 1.165) is 5.69 Å². The molecular weight excluding hydrogens is 260 g/mol. The maximum absolute atomic E-state index is 10.9. The van der Waals surface area contributed by atoms with Crippen molar-refractivity contribution in [2.24, 2.45) is 0 Å². The summed E-state index contributed by atoms with van der Waals surface area (Å²) in [6.45, 7) is 0.276. The first-order valence-electron chi connectivity index (χ1n) is 6.06. The third-order valence-corrected chi connectivity index (χ3v) is 2.62. The Balaban J connectivity index is 2.06. The van der Waals surface area contributed by atoms with E-state index in [0.29, 0.717) is 12.2 Å². The minimum absolute atomic E-state index is 0.0118. The maximum Gasteiger partial charge on any atom is 0.331 e. The molecule has 2 heterocycles. The monoisotopic (exact) mass is 274 g/mol. The van der Waals surface area contributed by atoms with E-state index in [2.05, 4.69) is 15.3 Å². The summed E-state index contributed by atoms with van der Waals surface area (Å²) in [5.41, 5.74) is 0.713.